The summed E-state index contributed by atoms with van der Waals surface area (Å²) < 4.78 is 48.0. The first-order valence-electron chi connectivity index (χ1n) is 6.69. The van der Waals surface area contributed by atoms with Gasteiger partial charge in [0, 0.05) is 6.07 Å². The Hall–Kier alpha value is -2.60. The molecule has 0 fully saturated rings. The molecule has 0 spiro atoms. The first-order valence-corrected chi connectivity index (χ1v) is 6.69. The number of alkyl halides is 3. The molecule has 0 saturated heterocycles. The molecule has 0 bridgehead atoms. The van der Waals surface area contributed by atoms with E-state index in [1.807, 2.05) is 0 Å². The maximum Gasteiger partial charge on any atom is 0.433 e. The third-order valence-corrected chi connectivity index (χ3v) is 2.99. The molecule has 9 heteroatoms. The molecule has 2 rings (SSSR count). The minimum absolute atomic E-state index is 0.0578. The Morgan fingerprint density at radius 3 is 2.74 bits per heavy atom. The number of hydrogen-bond donors (Lipinski definition) is 1. The van der Waals surface area contributed by atoms with Gasteiger partial charge in [0.05, 0.1) is 18.8 Å². The predicted molar refractivity (Wildman–Crippen MR) is 72.1 cm³/mol. The molecular formula is C14H13F3N4O2. The Balaban J connectivity index is 1.93. The van der Waals surface area contributed by atoms with Crippen LogP contribution in [0.2, 0.25) is 0 Å². The highest BCUT2D eigenvalue weighted by atomic mass is 19.4. The van der Waals surface area contributed by atoms with Crippen molar-refractivity contribution in [3.05, 3.63) is 41.4 Å². The molecule has 0 aliphatic carbocycles. The molecule has 1 atom stereocenters. The van der Waals surface area contributed by atoms with Gasteiger partial charge in [0.25, 0.3) is 0 Å². The second-order valence-electron chi connectivity index (χ2n) is 4.67. The van der Waals surface area contributed by atoms with Gasteiger partial charge in [0.2, 0.25) is 5.88 Å². The molecule has 122 valence electrons. The molecule has 0 radical (unpaired) electrons. The Morgan fingerprint density at radius 2 is 2.13 bits per heavy atom. The SMILES string of the molecule is N#Cc1ccc(C(F)(F)F)nc1OCCCC(N)c1ccno1. The second kappa shape index (κ2) is 7.11. The van der Waals surface area contributed by atoms with Crippen molar-refractivity contribution in [2.24, 2.45) is 5.73 Å². The molecule has 6 nitrogen and oxygen atoms in total. The first kappa shape index (κ1) is 16.8. The number of halogens is 3. The lowest BCUT2D eigenvalue weighted by Crippen LogP contribution is -2.13. The molecule has 0 aliphatic rings. The van der Waals surface area contributed by atoms with Crippen LogP contribution in [0.4, 0.5) is 13.2 Å². The van der Waals surface area contributed by atoms with Crippen LogP contribution in [0.5, 0.6) is 5.88 Å². The van der Waals surface area contributed by atoms with E-state index in [-0.39, 0.29) is 24.1 Å². The zero-order valence-corrected chi connectivity index (χ0v) is 11.9. The van der Waals surface area contributed by atoms with Gasteiger partial charge in [-0.1, -0.05) is 5.16 Å². The van der Waals surface area contributed by atoms with E-state index in [0.717, 1.165) is 12.1 Å². The minimum atomic E-state index is -4.60. The van der Waals surface area contributed by atoms with Crippen LogP contribution >= 0.6 is 0 Å². The number of nitrogens with zero attached hydrogens (tertiary/aromatic N) is 3. The van der Waals surface area contributed by atoms with Crippen LogP contribution in [0.3, 0.4) is 0 Å². The fourth-order valence-electron chi connectivity index (χ4n) is 1.82. The topological polar surface area (TPSA) is 98.0 Å². The predicted octanol–water partition coefficient (Wildman–Crippen LogP) is 2.82. The number of nitrogens with two attached hydrogens (primary N) is 1. The summed E-state index contributed by atoms with van der Waals surface area (Å²) in [6, 6.07) is 4.77. The maximum atomic E-state index is 12.6. The van der Waals surface area contributed by atoms with E-state index in [2.05, 4.69) is 10.1 Å². The number of ether oxygens (including phenoxy) is 1. The third-order valence-electron chi connectivity index (χ3n) is 2.99. The highest BCUT2D eigenvalue weighted by molar-refractivity contribution is 5.39. The van der Waals surface area contributed by atoms with Crippen molar-refractivity contribution in [3.63, 3.8) is 0 Å². The molecule has 0 aromatic carbocycles. The Bertz CT molecular complexity index is 680. The monoisotopic (exact) mass is 326 g/mol. The van der Waals surface area contributed by atoms with E-state index in [1.165, 1.54) is 6.20 Å². The largest absolute Gasteiger partial charge is 0.477 e. The summed E-state index contributed by atoms with van der Waals surface area (Å²) in [4.78, 5) is 3.35. The zero-order valence-electron chi connectivity index (χ0n) is 11.9. The highest BCUT2D eigenvalue weighted by Crippen LogP contribution is 2.30. The van der Waals surface area contributed by atoms with Gasteiger partial charge in [-0.2, -0.15) is 18.4 Å². The normalized spacial score (nSPS) is 12.7. The molecule has 2 aromatic rings. The van der Waals surface area contributed by atoms with E-state index >= 15 is 0 Å². The van der Waals surface area contributed by atoms with Gasteiger partial charge in [-0.05, 0) is 25.0 Å². The minimum Gasteiger partial charge on any atom is -0.477 e. The van der Waals surface area contributed by atoms with Gasteiger partial charge in [0.1, 0.15) is 17.3 Å². The standard InChI is InChI=1S/C14H13F3N4O2/c15-14(16,17)12-4-3-9(8-18)13(21-12)22-7-1-2-10(19)11-5-6-20-23-11/h3-6,10H,1-2,7,19H2. The van der Waals surface area contributed by atoms with Crippen LogP contribution < -0.4 is 10.5 Å². The number of rotatable bonds is 6. The number of nitriles is 1. The van der Waals surface area contributed by atoms with Crippen molar-refractivity contribution in [1.29, 1.82) is 5.26 Å². The molecule has 0 saturated carbocycles. The van der Waals surface area contributed by atoms with Gasteiger partial charge in [0.15, 0.2) is 5.76 Å². The Labute approximate surface area is 129 Å². The molecule has 1 unspecified atom stereocenters. The average molecular weight is 326 g/mol. The molecule has 2 heterocycles. The van der Waals surface area contributed by atoms with Gasteiger partial charge in [-0.25, -0.2) is 4.98 Å². The number of aromatic nitrogens is 2. The molecule has 2 aromatic heterocycles. The lowest BCUT2D eigenvalue weighted by atomic mass is 10.1. The van der Waals surface area contributed by atoms with Crippen LogP contribution in [-0.4, -0.2) is 16.7 Å². The fourth-order valence-corrected chi connectivity index (χ4v) is 1.82. The van der Waals surface area contributed by atoms with Crippen molar-refractivity contribution in [1.82, 2.24) is 10.1 Å². The summed E-state index contributed by atoms with van der Waals surface area (Å²) in [5.41, 5.74) is 4.69. The zero-order chi connectivity index (χ0) is 16.9. The summed E-state index contributed by atoms with van der Waals surface area (Å²) in [6.07, 6.45) is -2.20. The molecule has 0 aliphatic heterocycles. The van der Waals surface area contributed by atoms with Crippen LogP contribution in [0.25, 0.3) is 0 Å². The lowest BCUT2D eigenvalue weighted by molar-refractivity contribution is -0.141. The summed E-state index contributed by atoms with van der Waals surface area (Å²) in [5.74, 6) is 0.176. The third kappa shape index (κ3) is 4.43. The highest BCUT2D eigenvalue weighted by Gasteiger charge is 2.33. The van der Waals surface area contributed by atoms with E-state index in [0.29, 0.717) is 18.6 Å². The fraction of sp³-hybridized carbons (Fsp3) is 0.357. The first-order chi connectivity index (χ1) is 10.9. The lowest BCUT2D eigenvalue weighted by Gasteiger charge is -2.11. The quantitative estimate of drug-likeness (QED) is 0.820. The van der Waals surface area contributed by atoms with Crippen molar-refractivity contribution in [2.75, 3.05) is 6.61 Å². The molecule has 0 amide bonds. The molecule has 2 N–H and O–H groups in total. The smallest absolute Gasteiger partial charge is 0.433 e. The number of hydrogen-bond acceptors (Lipinski definition) is 6. The van der Waals surface area contributed by atoms with Crippen LogP contribution in [0.1, 0.15) is 35.9 Å². The Morgan fingerprint density at radius 1 is 1.35 bits per heavy atom. The number of pyridine rings is 1. The van der Waals surface area contributed by atoms with Gasteiger partial charge in [-0.3, -0.25) is 0 Å². The Kier molecular flexibility index (Phi) is 5.18. The van der Waals surface area contributed by atoms with Crippen molar-refractivity contribution in [3.8, 4) is 11.9 Å². The van der Waals surface area contributed by atoms with E-state index in [1.54, 1.807) is 12.1 Å². The summed E-state index contributed by atoms with van der Waals surface area (Å²) in [7, 11) is 0. The van der Waals surface area contributed by atoms with Crippen LogP contribution in [0, 0.1) is 11.3 Å². The van der Waals surface area contributed by atoms with Crippen LogP contribution in [0.15, 0.2) is 28.9 Å². The second-order valence-corrected chi connectivity index (χ2v) is 4.67. The molecular weight excluding hydrogens is 313 g/mol. The average Bonchev–Trinajstić information content (AvgIpc) is 3.04. The van der Waals surface area contributed by atoms with Gasteiger partial charge in [-0.15, -0.1) is 0 Å². The van der Waals surface area contributed by atoms with Crippen molar-refractivity contribution in [2.45, 2.75) is 25.1 Å². The van der Waals surface area contributed by atoms with E-state index in [4.69, 9.17) is 20.3 Å². The van der Waals surface area contributed by atoms with E-state index in [9.17, 15) is 13.2 Å². The van der Waals surface area contributed by atoms with Crippen molar-refractivity contribution >= 4 is 0 Å². The van der Waals surface area contributed by atoms with E-state index < -0.39 is 11.9 Å². The van der Waals surface area contributed by atoms with Crippen LogP contribution in [-0.2, 0) is 6.18 Å². The van der Waals surface area contributed by atoms with Gasteiger partial charge < -0.3 is 15.0 Å². The summed E-state index contributed by atoms with van der Waals surface area (Å²) >= 11 is 0. The van der Waals surface area contributed by atoms with Crippen molar-refractivity contribution < 1.29 is 22.4 Å². The van der Waals surface area contributed by atoms with Gasteiger partial charge >= 0.3 is 6.18 Å². The molecule has 23 heavy (non-hydrogen) atoms. The summed E-state index contributed by atoms with van der Waals surface area (Å²) in [5, 5.41) is 12.4. The summed E-state index contributed by atoms with van der Waals surface area (Å²) in [6.45, 7) is 0.0742. The maximum absolute atomic E-state index is 12.6.